The minimum atomic E-state index is 0.604. The maximum atomic E-state index is 11.9. The van der Waals surface area contributed by atoms with Crippen molar-refractivity contribution in [1.82, 2.24) is 9.88 Å². The fraction of sp³-hybridized carbons (Fsp3) is 0.483. The molecule has 0 unspecified atom stereocenters. The van der Waals surface area contributed by atoms with Crippen LogP contribution in [0.1, 0.15) is 68.9 Å². The Bertz CT molecular complexity index is 989. The number of aromatic amines is 1. The van der Waals surface area contributed by atoms with Gasteiger partial charge in [0.05, 0.1) is 0 Å². The predicted molar refractivity (Wildman–Crippen MR) is 139 cm³/mol. The van der Waals surface area contributed by atoms with Gasteiger partial charge in [0.15, 0.2) is 0 Å². The van der Waals surface area contributed by atoms with Crippen molar-refractivity contribution < 1.29 is 4.79 Å². The van der Waals surface area contributed by atoms with Crippen LogP contribution in [0.2, 0.25) is 0 Å². The number of likely N-dealkylation sites (tertiary alicyclic amines) is 1. The summed E-state index contributed by atoms with van der Waals surface area (Å²) in [5.74, 6) is 0.604. The fourth-order valence-electron chi connectivity index (χ4n) is 5.20. The van der Waals surface area contributed by atoms with Gasteiger partial charge in [0.1, 0.15) is 0 Å². The number of amides is 1. The lowest BCUT2D eigenvalue weighted by Gasteiger charge is -2.32. The van der Waals surface area contributed by atoms with Crippen molar-refractivity contribution in [3.63, 3.8) is 0 Å². The van der Waals surface area contributed by atoms with Crippen molar-refractivity contribution in [2.24, 2.45) is 0 Å². The van der Waals surface area contributed by atoms with Crippen LogP contribution in [0, 0.1) is 0 Å². The Labute approximate surface area is 199 Å². The van der Waals surface area contributed by atoms with E-state index in [9.17, 15) is 4.79 Å². The molecule has 33 heavy (non-hydrogen) atoms. The standard InChI is InChI=1S/C29H39N3O/c1-2-3-8-17-31-19-15-25(16-20-31)28-22-30-29-14-13-26(21-27(28)29)32(23-33)18-9-7-12-24-10-5-4-6-11-24/h4-6,10-11,13-14,21-23,25,30H,2-3,7-9,12,15-20H2,1H3. The minimum Gasteiger partial charge on any atom is -0.361 e. The largest absolute Gasteiger partial charge is 0.361 e. The van der Waals surface area contributed by atoms with Crippen LogP contribution < -0.4 is 4.90 Å². The van der Waals surface area contributed by atoms with Crippen LogP contribution in [0.15, 0.2) is 54.7 Å². The number of carbonyl (C=O) groups excluding carboxylic acids is 1. The quantitative estimate of drug-likeness (QED) is 0.254. The van der Waals surface area contributed by atoms with Crippen LogP contribution in [0.25, 0.3) is 10.9 Å². The van der Waals surface area contributed by atoms with E-state index in [2.05, 4.69) is 71.5 Å². The van der Waals surface area contributed by atoms with E-state index >= 15 is 0 Å². The lowest BCUT2D eigenvalue weighted by Crippen LogP contribution is -2.33. The van der Waals surface area contributed by atoms with E-state index in [0.29, 0.717) is 5.92 Å². The summed E-state index contributed by atoms with van der Waals surface area (Å²) >= 11 is 0. The van der Waals surface area contributed by atoms with Crippen molar-refractivity contribution in [2.45, 2.75) is 64.2 Å². The average molecular weight is 446 g/mol. The topological polar surface area (TPSA) is 39.3 Å². The number of unbranched alkanes of at least 4 members (excludes halogenated alkanes) is 3. The van der Waals surface area contributed by atoms with Gasteiger partial charge in [-0.3, -0.25) is 4.79 Å². The van der Waals surface area contributed by atoms with Crippen molar-refractivity contribution in [3.05, 3.63) is 65.9 Å². The number of nitrogens with zero attached hydrogens (tertiary/aromatic N) is 2. The third-order valence-electron chi connectivity index (χ3n) is 7.22. The summed E-state index contributed by atoms with van der Waals surface area (Å²) in [5, 5.41) is 1.29. The number of piperidine rings is 1. The summed E-state index contributed by atoms with van der Waals surface area (Å²) < 4.78 is 0. The van der Waals surface area contributed by atoms with Crippen molar-refractivity contribution in [2.75, 3.05) is 31.1 Å². The van der Waals surface area contributed by atoms with Gasteiger partial charge in [-0.1, -0.05) is 50.1 Å². The Balaban J connectivity index is 1.36. The monoisotopic (exact) mass is 445 g/mol. The summed E-state index contributed by atoms with van der Waals surface area (Å²) in [7, 11) is 0. The third-order valence-corrected chi connectivity index (χ3v) is 7.22. The first-order valence-electron chi connectivity index (χ1n) is 12.9. The number of aryl methyl sites for hydroxylation is 1. The number of hydrogen-bond acceptors (Lipinski definition) is 2. The minimum absolute atomic E-state index is 0.604. The van der Waals surface area contributed by atoms with Gasteiger partial charge < -0.3 is 14.8 Å². The second kappa shape index (κ2) is 12.0. The van der Waals surface area contributed by atoms with E-state index < -0.39 is 0 Å². The summed E-state index contributed by atoms with van der Waals surface area (Å²) in [4.78, 5) is 19.9. The number of carbonyl (C=O) groups is 1. The molecule has 2 heterocycles. The van der Waals surface area contributed by atoms with Crippen LogP contribution in [0.4, 0.5) is 5.69 Å². The van der Waals surface area contributed by atoms with Gasteiger partial charge in [-0.05, 0) is 93.4 Å². The van der Waals surface area contributed by atoms with Crippen LogP contribution in [0.5, 0.6) is 0 Å². The molecular weight excluding hydrogens is 406 g/mol. The molecule has 4 nitrogen and oxygen atoms in total. The lowest BCUT2D eigenvalue weighted by atomic mass is 9.89. The van der Waals surface area contributed by atoms with Gasteiger partial charge in [0.2, 0.25) is 6.41 Å². The van der Waals surface area contributed by atoms with Gasteiger partial charge in [0, 0.05) is 29.3 Å². The normalized spacial score (nSPS) is 15.2. The molecule has 1 amide bonds. The molecule has 176 valence electrons. The van der Waals surface area contributed by atoms with E-state index in [0.717, 1.165) is 37.9 Å². The molecule has 1 N–H and O–H groups in total. The molecule has 4 rings (SSSR count). The fourth-order valence-corrected chi connectivity index (χ4v) is 5.20. The SMILES string of the molecule is CCCCCN1CCC(c2c[nH]c3ccc(N(C=O)CCCCc4ccccc4)cc23)CC1. The predicted octanol–water partition coefficient (Wildman–Crippen LogP) is 6.52. The highest BCUT2D eigenvalue weighted by atomic mass is 16.1. The molecule has 1 aromatic heterocycles. The molecule has 0 aliphatic carbocycles. The summed E-state index contributed by atoms with van der Waals surface area (Å²) in [6.45, 7) is 6.67. The molecule has 0 spiro atoms. The number of hydrogen-bond donors (Lipinski definition) is 1. The first-order chi connectivity index (χ1) is 16.3. The zero-order chi connectivity index (χ0) is 22.9. The highest BCUT2D eigenvalue weighted by Gasteiger charge is 2.23. The van der Waals surface area contributed by atoms with Crippen molar-refractivity contribution in [1.29, 1.82) is 0 Å². The number of nitrogens with one attached hydrogen (secondary N) is 1. The van der Waals surface area contributed by atoms with Gasteiger partial charge >= 0.3 is 0 Å². The molecule has 0 saturated carbocycles. The zero-order valence-electron chi connectivity index (χ0n) is 20.1. The Hall–Kier alpha value is -2.59. The average Bonchev–Trinajstić information content (AvgIpc) is 3.29. The van der Waals surface area contributed by atoms with Gasteiger partial charge in [-0.2, -0.15) is 0 Å². The van der Waals surface area contributed by atoms with Crippen molar-refractivity contribution in [3.8, 4) is 0 Å². The second-order valence-corrected chi connectivity index (χ2v) is 9.54. The van der Waals surface area contributed by atoms with Crippen LogP contribution in [-0.2, 0) is 11.2 Å². The summed E-state index contributed by atoms with van der Waals surface area (Å²) in [5.41, 5.74) is 4.98. The van der Waals surface area contributed by atoms with Crippen LogP contribution in [-0.4, -0.2) is 42.5 Å². The highest BCUT2D eigenvalue weighted by Crippen LogP contribution is 2.35. The number of benzene rings is 2. The summed E-state index contributed by atoms with van der Waals surface area (Å²) in [6.07, 6.45) is 12.7. The number of aromatic nitrogens is 1. The zero-order valence-corrected chi connectivity index (χ0v) is 20.1. The summed E-state index contributed by atoms with van der Waals surface area (Å²) in [6, 6.07) is 17.0. The lowest BCUT2D eigenvalue weighted by molar-refractivity contribution is -0.107. The Morgan fingerprint density at radius 2 is 1.85 bits per heavy atom. The van der Waals surface area contributed by atoms with E-state index in [1.165, 1.54) is 73.8 Å². The molecule has 4 heteroatoms. The molecule has 1 fully saturated rings. The van der Waals surface area contributed by atoms with Gasteiger partial charge in [-0.25, -0.2) is 0 Å². The Morgan fingerprint density at radius 1 is 1.03 bits per heavy atom. The molecule has 0 atom stereocenters. The van der Waals surface area contributed by atoms with Crippen LogP contribution in [0.3, 0.4) is 0 Å². The van der Waals surface area contributed by atoms with Crippen LogP contribution >= 0.6 is 0 Å². The Morgan fingerprint density at radius 3 is 2.61 bits per heavy atom. The molecular formula is C29H39N3O. The molecule has 1 aliphatic rings. The maximum Gasteiger partial charge on any atom is 0.214 e. The second-order valence-electron chi connectivity index (χ2n) is 9.54. The number of H-pyrrole nitrogens is 1. The molecule has 0 bridgehead atoms. The number of anilines is 1. The maximum absolute atomic E-state index is 11.9. The first kappa shape index (κ1) is 23.6. The first-order valence-corrected chi connectivity index (χ1v) is 12.9. The van der Waals surface area contributed by atoms with E-state index in [4.69, 9.17) is 0 Å². The van der Waals surface area contributed by atoms with Gasteiger partial charge in [-0.15, -0.1) is 0 Å². The molecule has 3 aromatic rings. The molecule has 1 aliphatic heterocycles. The number of fused-ring (bicyclic) bond motifs is 1. The molecule has 0 radical (unpaired) electrons. The molecule has 2 aromatic carbocycles. The number of rotatable bonds is 12. The van der Waals surface area contributed by atoms with Crippen molar-refractivity contribution >= 4 is 23.0 Å². The highest BCUT2D eigenvalue weighted by molar-refractivity contribution is 5.89. The van der Waals surface area contributed by atoms with E-state index in [1.807, 2.05) is 4.90 Å². The Kier molecular flexibility index (Phi) is 8.59. The van der Waals surface area contributed by atoms with Gasteiger partial charge in [0.25, 0.3) is 0 Å². The smallest absolute Gasteiger partial charge is 0.214 e. The molecule has 1 saturated heterocycles. The third kappa shape index (κ3) is 6.26. The van der Waals surface area contributed by atoms with E-state index in [-0.39, 0.29) is 0 Å². The van der Waals surface area contributed by atoms with E-state index in [1.54, 1.807) is 0 Å².